The minimum Gasteiger partial charge on any atom is -0.396 e. The SMILES string of the molecule is CC(NC(=O)N1CCCC(CO)C1)c1cccc2ccccc12. The molecule has 1 saturated heterocycles. The normalized spacial score (nSPS) is 19.6. The van der Waals surface area contributed by atoms with Crippen LogP contribution in [-0.4, -0.2) is 35.7 Å². The number of urea groups is 1. The van der Waals surface area contributed by atoms with E-state index in [1.165, 1.54) is 10.8 Å². The quantitative estimate of drug-likeness (QED) is 0.913. The summed E-state index contributed by atoms with van der Waals surface area (Å²) in [7, 11) is 0. The molecule has 2 N–H and O–H groups in total. The highest BCUT2D eigenvalue weighted by atomic mass is 16.3. The second-order valence-corrected chi connectivity index (χ2v) is 6.38. The van der Waals surface area contributed by atoms with E-state index in [2.05, 4.69) is 29.6 Å². The lowest BCUT2D eigenvalue weighted by atomic mass is 9.99. The maximum Gasteiger partial charge on any atom is 0.317 e. The largest absolute Gasteiger partial charge is 0.396 e. The summed E-state index contributed by atoms with van der Waals surface area (Å²) in [5.74, 6) is 0.211. The average molecular weight is 312 g/mol. The first-order valence-electron chi connectivity index (χ1n) is 8.33. The number of hydrogen-bond donors (Lipinski definition) is 2. The van der Waals surface area contributed by atoms with Gasteiger partial charge in [-0.2, -0.15) is 0 Å². The summed E-state index contributed by atoms with van der Waals surface area (Å²) in [6, 6.07) is 14.3. The second kappa shape index (κ2) is 7.01. The fourth-order valence-electron chi connectivity index (χ4n) is 3.38. The summed E-state index contributed by atoms with van der Waals surface area (Å²) in [6.45, 7) is 3.59. The van der Waals surface area contributed by atoms with Crippen molar-refractivity contribution in [3.8, 4) is 0 Å². The topological polar surface area (TPSA) is 52.6 Å². The van der Waals surface area contributed by atoms with Crippen molar-refractivity contribution in [2.75, 3.05) is 19.7 Å². The van der Waals surface area contributed by atoms with Crippen molar-refractivity contribution in [2.24, 2.45) is 5.92 Å². The molecule has 2 unspecified atom stereocenters. The molecule has 23 heavy (non-hydrogen) atoms. The summed E-state index contributed by atoms with van der Waals surface area (Å²) in [4.78, 5) is 14.3. The maximum atomic E-state index is 12.5. The highest BCUT2D eigenvalue weighted by Gasteiger charge is 2.24. The summed E-state index contributed by atoms with van der Waals surface area (Å²) in [5.41, 5.74) is 1.13. The third kappa shape index (κ3) is 3.48. The molecule has 1 heterocycles. The van der Waals surface area contributed by atoms with Crippen LogP contribution in [-0.2, 0) is 0 Å². The Morgan fingerprint density at radius 2 is 2.09 bits per heavy atom. The first-order valence-corrected chi connectivity index (χ1v) is 8.33. The Hall–Kier alpha value is -2.07. The van der Waals surface area contributed by atoms with Crippen LogP contribution in [0, 0.1) is 5.92 Å². The predicted octanol–water partition coefficient (Wildman–Crippen LogP) is 3.31. The zero-order valence-electron chi connectivity index (χ0n) is 13.5. The molecule has 2 aromatic rings. The molecule has 0 aliphatic carbocycles. The van der Waals surface area contributed by atoms with Gasteiger partial charge in [0.1, 0.15) is 0 Å². The van der Waals surface area contributed by atoms with E-state index in [0.717, 1.165) is 24.9 Å². The number of piperidine rings is 1. The van der Waals surface area contributed by atoms with Gasteiger partial charge in [-0.05, 0) is 42.0 Å². The average Bonchev–Trinajstić information content (AvgIpc) is 2.61. The molecule has 2 atom stereocenters. The molecule has 0 spiro atoms. The van der Waals surface area contributed by atoms with Crippen LogP contribution < -0.4 is 5.32 Å². The van der Waals surface area contributed by atoms with Gasteiger partial charge in [-0.15, -0.1) is 0 Å². The van der Waals surface area contributed by atoms with E-state index in [4.69, 9.17) is 0 Å². The van der Waals surface area contributed by atoms with Crippen LogP contribution in [0.2, 0.25) is 0 Å². The first-order chi connectivity index (χ1) is 11.2. The van der Waals surface area contributed by atoms with Crippen LogP contribution in [0.25, 0.3) is 10.8 Å². The molecule has 0 saturated carbocycles. The van der Waals surface area contributed by atoms with E-state index in [9.17, 15) is 9.90 Å². The van der Waals surface area contributed by atoms with E-state index < -0.39 is 0 Å². The molecule has 1 aliphatic rings. The van der Waals surface area contributed by atoms with Gasteiger partial charge >= 0.3 is 6.03 Å². The van der Waals surface area contributed by atoms with Crippen molar-refractivity contribution in [3.05, 3.63) is 48.0 Å². The third-order valence-corrected chi connectivity index (χ3v) is 4.69. The van der Waals surface area contributed by atoms with Gasteiger partial charge in [-0.1, -0.05) is 42.5 Å². The van der Waals surface area contributed by atoms with Crippen LogP contribution in [0.15, 0.2) is 42.5 Å². The Kier molecular flexibility index (Phi) is 4.82. The minimum absolute atomic E-state index is 0.0383. The number of benzene rings is 2. The number of fused-ring (bicyclic) bond motifs is 1. The summed E-state index contributed by atoms with van der Waals surface area (Å²) in [5, 5.41) is 14.8. The number of aliphatic hydroxyl groups excluding tert-OH is 1. The van der Waals surface area contributed by atoms with Crippen LogP contribution >= 0.6 is 0 Å². The van der Waals surface area contributed by atoms with Crippen molar-refractivity contribution in [3.63, 3.8) is 0 Å². The lowest BCUT2D eigenvalue weighted by Crippen LogP contribution is -2.46. The third-order valence-electron chi connectivity index (χ3n) is 4.69. The van der Waals surface area contributed by atoms with Gasteiger partial charge in [0, 0.05) is 19.7 Å². The summed E-state index contributed by atoms with van der Waals surface area (Å²) >= 11 is 0. The zero-order chi connectivity index (χ0) is 16.2. The van der Waals surface area contributed by atoms with E-state index in [-0.39, 0.29) is 24.6 Å². The zero-order valence-corrected chi connectivity index (χ0v) is 13.5. The summed E-state index contributed by atoms with van der Waals surface area (Å²) < 4.78 is 0. The van der Waals surface area contributed by atoms with Gasteiger partial charge in [-0.25, -0.2) is 4.79 Å². The molecule has 0 radical (unpaired) electrons. The van der Waals surface area contributed by atoms with Crippen LogP contribution in [0.4, 0.5) is 4.79 Å². The Morgan fingerprint density at radius 3 is 2.91 bits per heavy atom. The number of aliphatic hydroxyl groups is 1. The minimum atomic E-state index is -0.0527. The maximum absolute atomic E-state index is 12.5. The van der Waals surface area contributed by atoms with Gasteiger partial charge in [0.05, 0.1) is 6.04 Å². The van der Waals surface area contributed by atoms with Gasteiger partial charge in [0.2, 0.25) is 0 Å². The van der Waals surface area contributed by atoms with Crippen molar-refractivity contribution >= 4 is 16.8 Å². The molecule has 3 rings (SSSR count). The Bertz CT molecular complexity index is 681. The molecular weight excluding hydrogens is 288 g/mol. The van der Waals surface area contributed by atoms with Crippen molar-refractivity contribution < 1.29 is 9.90 Å². The number of nitrogens with one attached hydrogen (secondary N) is 1. The predicted molar refractivity (Wildman–Crippen MR) is 92.3 cm³/mol. The van der Waals surface area contributed by atoms with E-state index in [1.54, 1.807) is 0 Å². The number of likely N-dealkylation sites (tertiary alicyclic amines) is 1. The van der Waals surface area contributed by atoms with E-state index in [0.29, 0.717) is 6.54 Å². The van der Waals surface area contributed by atoms with Crippen LogP contribution in [0.1, 0.15) is 31.4 Å². The van der Waals surface area contributed by atoms with Crippen molar-refractivity contribution in [1.29, 1.82) is 0 Å². The summed E-state index contributed by atoms with van der Waals surface area (Å²) in [6.07, 6.45) is 1.96. The van der Waals surface area contributed by atoms with E-state index in [1.807, 2.05) is 30.0 Å². The molecular formula is C19H24N2O2. The molecule has 2 amide bonds. The lowest BCUT2D eigenvalue weighted by Gasteiger charge is -2.33. The smallest absolute Gasteiger partial charge is 0.317 e. The molecule has 0 aromatic heterocycles. The fraction of sp³-hybridized carbons (Fsp3) is 0.421. The highest BCUT2D eigenvalue weighted by Crippen LogP contribution is 2.24. The molecule has 1 fully saturated rings. The molecule has 1 aliphatic heterocycles. The van der Waals surface area contributed by atoms with Gasteiger partial charge in [0.25, 0.3) is 0 Å². The number of rotatable bonds is 3. The van der Waals surface area contributed by atoms with E-state index >= 15 is 0 Å². The Morgan fingerprint density at radius 1 is 1.30 bits per heavy atom. The van der Waals surface area contributed by atoms with Gasteiger partial charge in [0.15, 0.2) is 0 Å². The van der Waals surface area contributed by atoms with Gasteiger partial charge in [-0.3, -0.25) is 0 Å². The molecule has 0 bridgehead atoms. The molecule has 4 heteroatoms. The number of nitrogens with zero attached hydrogens (tertiary/aromatic N) is 1. The van der Waals surface area contributed by atoms with Gasteiger partial charge < -0.3 is 15.3 Å². The number of hydrogen-bond acceptors (Lipinski definition) is 2. The first kappa shape index (κ1) is 15.8. The molecule has 4 nitrogen and oxygen atoms in total. The lowest BCUT2D eigenvalue weighted by molar-refractivity contribution is 0.128. The molecule has 2 aromatic carbocycles. The number of carbonyl (C=O) groups excluding carboxylic acids is 1. The molecule has 122 valence electrons. The Labute approximate surface area is 137 Å². The van der Waals surface area contributed by atoms with Crippen molar-refractivity contribution in [2.45, 2.75) is 25.8 Å². The monoisotopic (exact) mass is 312 g/mol. The number of amides is 2. The van der Waals surface area contributed by atoms with Crippen LogP contribution in [0.5, 0.6) is 0 Å². The Balaban J connectivity index is 1.73. The van der Waals surface area contributed by atoms with Crippen molar-refractivity contribution in [1.82, 2.24) is 10.2 Å². The standard InChI is InChI=1S/C19H24N2O2/c1-14(17-10-4-8-16-7-2-3-9-18(16)17)20-19(23)21-11-5-6-15(12-21)13-22/h2-4,7-10,14-15,22H,5-6,11-13H2,1H3,(H,20,23). The fourth-order valence-corrected chi connectivity index (χ4v) is 3.38. The highest BCUT2D eigenvalue weighted by molar-refractivity contribution is 5.86. The van der Waals surface area contributed by atoms with Crippen LogP contribution in [0.3, 0.4) is 0 Å². The number of carbonyl (C=O) groups is 1. The second-order valence-electron chi connectivity index (χ2n) is 6.38.